The van der Waals surface area contributed by atoms with E-state index in [1.807, 2.05) is 0 Å². The molecule has 1 aliphatic heterocycles. The van der Waals surface area contributed by atoms with Gasteiger partial charge in [-0.15, -0.1) is 0 Å². The van der Waals surface area contributed by atoms with Crippen molar-refractivity contribution in [2.75, 3.05) is 19.6 Å². The molecule has 0 aromatic carbocycles. The quantitative estimate of drug-likeness (QED) is 0.470. The summed E-state index contributed by atoms with van der Waals surface area (Å²) in [5.74, 6) is -0.377. The van der Waals surface area contributed by atoms with Crippen molar-refractivity contribution >= 4 is 5.91 Å². The van der Waals surface area contributed by atoms with Gasteiger partial charge in [0.2, 0.25) is 0 Å². The van der Waals surface area contributed by atoms with E-state index < -0.39 is 0 Å². The average molecular weight is 390 g/mol. The number of amides is 1. The van der Waals surface area contributed by atoms with Crippen LogP contribution in [0.4, 0.5) is 0 Å². The number of aliphatic hydroxyl groups is 1. The molecule has 0 aliphatic carbocycles. The van der Waals surface area contributed by atoms with Crippen molar-refractivity contribution in [3.8, 4) is 0 Å². The molecule has 2 heterocycles. The molecule has 5 heteroatoms. The molecule has 2 rings (SSSR count). The van der Waals surface area contributed by atoms with E-state index in [9.17, 15) is 9.90 Å². The summed E-state index contributed by atoms with van der Waals surface area (Å²) in [6.45, 7) is 3.36. The third-order valence-corrected chi connectivity index (χ3v) is 5.85. The third-order valence-electron chi connectivity index (χ3n) is 5.85. The summed E-state index contributed by atoms with van der Waals surface area (Å²) in [5, 5.41) is 9.52. The first-order chi connectivity index (χ1) is 13.7. The molecule has 1 aromatic rings. The lowest BCUT2D eigenvalue weighted by Gasteiger charge is -2.29. The number of aromatic nitrogens is 1. The highest BCUT2D eigenvalue weighted by Crippen LogP contribution is 2.15. The molecular weight excluding hydrogens is 350 g/mol. The van der Waals surface area contributed by atoms with Crippen molar-refractivity contribution in [2.24, 2.45) is 5.73 Å². The number of carbonyl (C=O) groups excluding carboxylic acids is 1. The summed E-state index contributed by atoms with van der Waals surface area (Å²) < 4.78 is 0. The maximum Gasteiger partial charge on any atom is 0.250 e. The number of pyridine rings is 1. The van der Waals surface area contributed by atoms with Gasteiger partial charge in [-0.3, -0.25) is 9.78 Å². The molecule has 1 aromatic heterocycles. The fourth-order valence-corrected chi connectivity index (χ4v) is 4.05. The number of primary amides is 1. The number of piperidine rings is 1. The van der Waals surface area contributed by atoms with E-state index in [1.165, 1.54) is 64.3 Å². The van der Waals surface area contributed by atoms with E-state index in [4.69, 9.17) is 5.73 Å². The molecule has 1 amide bonds. The second-order valence-electron chi connectivity index (χ2n) is 8.22. The number of aryl methyl sites for hydroxylation is 1. The lowest BCUT2D eigenvalue weighted by Crippen LogP contribution is -2.36. The zero-order valence-electron chi connectivity index (χ0n) is 17.5. The van der Waals surface area contributed by atoms with Crippen LogP contribution >= 0.6 is 0 Å². The minimum absolute atomic E-state index is 0.0566. The van der Waals surface area contributed by atoms with Gasteiger partial charge in [-0.1, -0.05) is 51.4 Å². The van der Waals surface area contributed by atoms with E-state index in [2.05, 4.69) is 9.88 Å². The van der Waals surface area contributed by atoms with Crippen LogP contribution in [0, 0.1) is 0 Å². The van der Waals surface area contributed by atoms with Crippen molar-refractivity contribution in [3.05, 3.63) is 29.6 Å². The van der Waals surface area contributed by atoms with Gasteiger partial charge in [-0.05, 0) is 50.8 Å². The van der Waals surface area contributed by atoms with Gasteiger partial charge in [0.1, 0.15) is 0 Å². The molecule has 0 bridgehead atoms. The molecule has 0 saturated carbocycles. The Morgan fingerprint density at radius 2 is 1.57 bits per heavy atom. The van der Waals surface area contributed by atoms with Crippen LogP contribution in [0.15, 0.2) is 18.3 Å². The molecule has 5 nitrogen and oxygen atoms in total. The summed E-state index contributed by atoms with van der Waals surface area (Å²) in [6, 6.07) is 3.53. The summed E-state index contributed by atoms with van der Waals surface area (Å²) in [6.07, 6.45) is 17.3. The monoisotopic (exact) mass is 389 g/mol. The Hall–Kier alpha value is -1.46. The third kappa shape index (κ3) is 9.16. The van der Waals surface area contributed by atoms with Crippen LogP contribution in [0.2, 0.25) is 0 Å². The Morgan fingerprint density at radius 3 is 2.18 bits per heavy atom. The Balaban J connectivity index is 1.37. The minimum Gasteiger partial charge on any atom is -0.393 e. The summed E-state index contributed by atoms with van der Waals surface area (Å²) in [7, 11) is 0. The maximum absolute atomic E-state index is 11.4. The maximum atomic E-state index is 11.4. The predicted octanol–water partition coefficient (Wildman–Crippen LogP) is 4.08. The van der Waals surface area contributed by atoms with Crippen LogP contribution in [-0.4, -0.2) is 46.6 Å². The van der Waals surface area contributed by atoms with Crippen LogP contribution in [0.1, 0.15) is 93.1 Å². The molecule has 1 aliphatic rings. The summed E-state index contributed by atoms with van der Waals surface area (Å²) in [5.41, 5.74) is 6.81. The smallest absolute Gasteiger partial charge is 0.250 e. The van der Waals surface area contributed by atoms with E-state index in [1.54, 1.807) is 18.3 Å². The number of unbranched alkanes of at least 4 members (excludes halogenated alkanes) is 9. The van der Waals surface area contributed by atoms with Crippen LogP contribution in [0.5, 0.6) is 0 Å². The normalized spacial score (nSPS) is 15.8. The van der Waals surface area contributed by atoms with Crippen LogP contribution < -0.4 is 5.73 Å². The molecule has 28 heavy (non-hydrogen) atoms. The fraction of sp³-hybridized carbons (Fsp3) is 0.739. The SMILES string of the molecule is NC(=O)c1cccnc1CCCCCCCCCCCCN1CCC(O)CC1. The lowest BCUT2D eigenvalue weighted by atomic mass is 10.0. The van der Waals surface area contributed by atoms with E-state index in [0.717, 1.165) is 44.5 Å². The Morgan fingerprint density at radius 1 is 1.00 bits per heavy atom. The molecule has 1 fully saturated rings. The number of hydrogen-bond acceptors (Lipinski definition) is 4. The van der Waals surface area contributed by atoms with Crippen molar-refractivity contribution < 1.29 is 9.90 Å². The second-order valence-corrected chi connectivity index (χ2v) is 8.22. The molecule has 0 unspecified atom stereocenters. The molecule has 0 atom stereocenters. The van der Waals surface area contributed by atoms with Crippen molar-refractivity contribution in [2.45, 2.75) is 89.6 Å². The lowest BCUT2D eigenvalue weighted by molar-refractivity contribution is 0.0817. The topological polar surface area (TPSA) is 79.5 Å². The van der Waals surface area contributed by atoms with Crippen molar-refractivity contribution in [1.29, 1.82) is 0 Å². The largest absolute Gasteiger partial charge is 0.393 e. The predicted molar refractivity (Wildman–Crippen MR) is 114 cm³/mol. The highest BCUT2D eigenvalue weighted by atomic mass is 16.3. The average Bonchev–Trinajstić information content (AvgIpc) is 2.70. The molecule has 1 saturated heterocycles. The van der Waals surface area contributed by atoms with Crippen LogP contribution in [0.25, 0.3) is 0 Å². The van der Waals surface area contributed by atoms with Crippen LogP contribution in [-0.2, 0) is 6.42 Å². The van der Waals surface area contributed by atoms with Gasteiger partial charge in [-0.2, -0.15) is 0 Å². The van der Waals surface area contributed by atoms with Crippen molar-refractivity contribution in [1.82, 2.24) is 9.88 Å². The van der Waals surface area contributed by atoms with Gasteiger partial charge < -0.3 is 15.7 Å². The molecule has 158 valence electrons. The Labute approximate surface area is 170 Å². The number of carbonyl (C=O) groups is 1. The van der Waals surface area contributed by atoms with Gasteiger partial charge in [0.05, 0.1) is 17.4 Å². The highest BCUT2D eigenvalue weighted by molar-refractivity contribution is 5.93. The fourth-order valence-electron chi connectivity index (χ4n) is 4.05. The highest BCUT2D eigenvalue weighted by Gasteiger charge is 2.15. The van der Waals surface area contributed by atoms with Gasteiger partial charge in [0, 0.05) is 19.3 Å². The number of nitrogens with two attached hydrogens (primary N) is 1. The number of aliphatic hydroxyl groups excluding tert-OH is 1. The molecule has 0 spiro atoms. The van der Waals surface area contributed by atoms with E-state index >= 15 is 0 Å². The molecule has 0 radical (unpaired) electrons. The zero-order chi connectivity index (χ0) is 20.0. The number of nitrogens with zero attached hydrogens (tertiary/aromatic N) is 2. The number of hydrogen-bond donors (Lipinski definition) is 2. The first-order valence-electron chi connectivity index (χ1n) is 11.3. The van der Waals surface area contributed by atoms with E-state index in [0.29, 0.717) is 5.56 Å². The summed E-state index contributed by atoms with van der Waals surface area (Å²) in [4.78, 5) is 18.2. The first-order valence-corrected chi connectivity index (χ1v) is 11.3. The standard InChI is InChI=1S/C23H39N3O2/c24-23(28)21-12-11-16-25-22(21)13-9-7-5-3-1-2-4-6-8-10-17-26-18-14-20(27)15-19-26/h11-12,16,20,27H,1-10,13-15,17-19H2,(H2,24,28). The molecular formula is C23H39N3O2. The van der Waals surface area contributed by atoms with Gasteiger partial charge in [-0.25, -0.2) is 0 Å². The number of rotatable bonds is 14. The van der Waals surface area contributed by atoms with Gasteiger partial charge in [0.15, 0.2) is 0 Å². The molecule has 3 N–H and O–H groups in total. The second kappa shape index (κ2) is 13.7. The van der Waals surface area contributed by atoms with Gasteiger partial charge >= 0.3 is 0 Å². The minimum atomic E-state index is -0.377. The van der Waals surface area contributed by atoms with Gasteiger partial charge in [0.25, 0.3) is 5.91 Å². The van der Waals surface area contributed by atoms with E-state index in [-0.39, 0.29) is 12.0 Å². The Kier molecular flexibility index (Phi) is 11.1. The summed E-state index contributed by atoms with van der Waals surface area (Å²) >= 11 is 0. The van der Waals surface area contributed by atoms with Crippen molar-refractivity contribution in [3.63, 3.8) is 0 Å². The number of likely N-dealkylation sites (tertiary alicyclic amines) is 1. The first kappa shape index (κ1) is 22.8. The van der Waals surface area contributed by atoms with Crippen LogP contribution in [0.3, 0.4) is 0 Å². The Bertz CT molecular complexity index is 557. The zero-order valence-corrected chi connectivity index (χ0v) is 17.5.